The highest BCUT2D eigenvalue weighted by Gasteiger charge is 2.14. The molecule has 88 valence electrons. The fourth-order valence-electron chi connectivity index (χ4n) is 0.962. The van der Waals surface area contributed by atoms with Crippen molar-refractivity contribution in [3.8, 4) is 0 Å². The highest BCUT2D eigenvalue weighted by atomic mass is 32.2. The largest absolute Gasteiger partial charge is 0.308 e. The summed E-state index contributed by atoms with van der Waals surface area (Å²) in [5, 5.41) is -0.483. The van der Waals surface area contributed by atoms with Gasteiger partial charge in [0.25, 0.3) is 0 Å². The molecular weight excluding hydrogens is 224 g/mol. The predicted octanol–water partition coefficient (Wildman–Crippen LogP) is 1.49. The third-order valence-corrected chi connectivity index (χ3v) is 3.71. The fraction of sp³-hybridized carbons (Fsp3) is 0.273. The average Bonchev–Trinajstić information content (AvgIpc) is 2.27. The second-order valence-electron chi connectivity index (χ2n) is 3.67. The molecule has 1 aromatic rings. The zero-order valence-electron chi connectivity index (χ0n) is 9.40. The smallest absolute Gasteiger partial charge is 0.230 e. The van der Waals surface area contributed by atoms with Crippen molar-refractivity contribution in [2.45, 2.75) is 19.1 Å². The number of hydrogen-bond donors (Lipinski definition) is 2. The van der Waals surface area contributed by atoms with Gasteiger partial charge in [-0.05, 0) is 19.4 Å². The van der Waals surface area contributed by atoms with Gasteiger partial charge in [-0.25, -0.2) is 8.42 Å². The number of hydrazine groups is 1. The molecule has 0 heterocycles. The first kappa shape index (κ1) is 12.7. The lowest BCUT2D eigenvalue weighted by Crippen LogP contribution is -2.40. The van der Waals surface area contributed by atoms with Crippen LogP contribution in [0.3, 0.4) is 0 Å². The lowest BCUT2D eigenvalue weighted by molar-refractivity contribution is 0.567. The predicted molar refractivity (Wildman–Crippen MR) is 65.8 cm³/mol. The summed E-state index contributed by atoms with van der Waals surface area (Å²) in [5.74, 6) is 0. The Morgan fingerprint density at radius 1 is 1.25 bits per heavy atom. The minimum Gasteiger partial charge on any atom is -0.308 e. The molecule has 0 aromatic heterocycles. The van der Waals surface area contributed by atoms with Crippen molar-refractivity contribution in [1.29, 1.82) is 0 Å². The number of nitrogens with one attached hydrogen (secondary N) is 2. The topological polar surface area (TPSA) is 58.2 Å². The van der Waals surface area contributed by atoms with E-state index >= 15 is 0 Å². The second kappa shape index (κ2) is 5.14. The quantitative estimate of drug-likeness (QED) is 0.767. The summed E-state index contributed by atoms with van der Waals surface area (Å²) in [4.78, 5) is 2.28. The van der Waals surface area contributed by atoms with Crippen molar-refractivity contribution in [3.05, 3.63) is 42.5 Å². The third-order valence-electron chi connectivity index (χ3n) is 2.09. The first-order valence-electron chi connectivity index (χ1n) is 4.94. The van der Waals surface area contributed by atoms with Crippen LogP contribution in [0.2, 0.25) is 0 Å². The molecule has 0 unspecified atom stereocenters. The van der Waals surface area contributed by atoms with E-state index in [-0.39, 0.29) is 0 Å². The molecule has 0 bridgehead atoms. The van der Waals surface area contributed by atoms with Gasteiger partial charge in [-0.3, -0.25) is 0 Å². The molecule has 16 heavy (non-hydrogen) atoms. The Labute approximate surface area is 96.4 Å². The van der Waals surface area contributed by atoms with Crippen molar-refractivity contribution in [2.24, 2.45) is 0 Å². The van der Waals surface area contributed by atoms with Crippen molar-refractivity contribution in [3.63, 3.8) is 0 Å². The molecule has 0 atom stereocenters. The zero-order valence-corrected chi connectivity index (χ0v) is 10.2. The van der Waals surface area contributed by atoms with Crippen LogP contribution < -0.4 is 10.3 Å². The van der Waals surface area contributed by atoms with Crippen LogP contribution >= 0.6 is 0 Å². The second-order valence-corrected chi connectivity index (χ2v) is 5.90. The standard InChI is InChI=1S/C11H16N2O2S/c1-9(2)16(14,15)13-12-10(3)11-7-5-4-6-8-11/h4-9,12-13H,3H2,1-2H3. The van der Waals surface area contributed by atoms with Crippen molar-refractivity contribution < 1.29 is 8.42 Å². The molecule has 0 spiro atoms. The summed E-state index contributed by atoms with van der Waals surface area (Å²) >= 11 is 0. The van der Waals surface area contributed by atoms with E-state index in [2.05, 4.69) is 16.8 Å². The van der Waals surface area contributed by atoms with Crippen molar-refractivity contribution in [1.82, 2.24) is 10.3 Å². The van der Waals surface area contributed by atoms with E-state index in [0.29, 0.717) is 5.70 Å². The van der Waals surface area contributed by atoms with Crippen LogP contribution in [0.1, 0.15) is 19.4 Å². The van der Waals surface area contributed by atoms with E-state index in [9.17, 15) is 8.42 Å². The number of rotatable bonds is 5. The van der Waals surface area contributed by atoms with Gasteiger partial charge in [0.1, 0.15) is 0 Å². The minimum atomic E-state index is -3.32. The van der Waals surface area contributed by atoms with Crippen LogP contribution in [0.15, 0.2) is 36.9 Å². The number of hydrogen-bond acceptors (Lipinski definition) is 3. The first-order chi connectivity index (χ1) is 7.43. The maximum atomic E-state index is 11.5. The molecule has 0 fully saturated rings. The molecule has 5 heteroatoms. The Morgan fingerprint density at radius 2 is 1.81 bits per heavy atom. The molecule has 1 rings (SSSR count). The van der Waals surface area contributed by atoms with E-state index in [1.807, 2.05) is 30.3 Å². The number of sulfonamides is 1. The van der Waals surface area contributed by atoms with Gasteiger partial charge < -0.3 is 5.43 Å². The van der Waals surface area contributed by atoms with E-state index in [0.717, 1.165) is 5.56 Å². The molecule has 4 nitrogen and oxygen atoms in total. The van der Waals surface area contributed by atoms with Crippen LogP contribution in [0.25, 0.3) is 5.70 Å². The molecule has 0 aliphatic heterocycles. The Morgan fingerprint density at radius 3 is 2.31 bits per heavy atom. The zero-order chi connectivity index (χ0) is 12.2. The molecule has 0 aliphatic carbocycles. The molecule has 1 aromatic carbocycles. The monoisotopic (exact) mass is 240 g/mol. The Hall–Kier alpha value is -1.33. The van der Waals surface area contributed by atoms with Gasteiger partial charge in [0.05, 0.1) is 5.25 Å². The summed E-state index contributed by atoms with van der Waals surface area (Å²) < 4.78 is 22.9. The minimum absolute atomic E-state index is 0.483. The summed E-state index contributed by atoms with van der Waals surface area (Å²) in [7, 11) is -3.32. The molecule has 0 saturated carbocycles. The highest BCUT2D eigenvalue weighted by Crippen LogP contribution is 2.07. The fourth-order valence-corrected chi connectivity index (χ4v) is 1.46. The maximum Gasteiger partial charge on any atom is 0.230 e. The molecule has 0 saturated heterocycles. The van der Waals surface area contributed by atoms with Gasteiger partial charge in [0.2, 0.25) is 10.0 Å². The van der Waals surface area contributed by atoms with Crippen molar-refractivity contribution in [2.75, 3.05) is 0 Å². The maximum absolute atomic E-state index is 11.5. The van der Waals surface area contributed by atoms with Crippen molar-refractivity contribution >= 4 is 15.7 Å². The molecule has 0 amide bonds. The highest BCUT2D eigenvalue weighted by molar-refractivity contribution is 7.90. The number of benzene rings is 1. The summed E-state index contributed by atoms with van der Waals surface area (Å²) in [6.45, 7) is 6.96. The third kappa shape index (κ3) is 3.36. The Kier molecular flexibility index (Phi) is 4.09. The van der Waals surface area contributed by atoms with Gasteiger partial charge in [-0.1, -0.05) is 36.9 Å². The lowest BCUT2D eigenvalue weighted by atomic mass is 10.2. The summed E-state index contributed by atoms with van der Waals surface area (Å²) in [6.07, 6.45) is 0. The van der Waals surface area contributed by atoms with E-state index < -0.39 is 15.3 Å². The summed E-state index contributed by atoms with van der Waals surface area (Å²) in [6, 6.07) is 9.30. The van der Waals surface area contributed by atoms with Crippen LogP contribution in [-0.4, -0.2) is 13.7 Å². The Balaban J connectivity index is 2.62. The average molecular weight is 240 g/mol. The van der Waals surface area contributed by atoms with E-state index in [1.54, 1.807) is 13.8 Å². The van der Waals surface area contributed by atoms with Crippen LogP contribution in [0, 0.1) is 0 Å². The molecule has 0 radical (unpaired) electrons. The van der Waals surface area contributed by atoms with Gasteiger partial charge in [-0.15, -0.1) is 4.83 Å². The van der Waals surface area contributed by atoms with E-state index in [1.165, 1.54) is 0 Å². The molecule has 0 aliphatic rings. The normalized spacial score (nSPS) is 11.4. The summed E-state index contributed by atoms with van der Waals surface area (Å²) in [5.41, 5.74) is 3.95. The van der Waals surface area contributed by atoms with Gasteiger partial charge >= 0.3 is 0 Å². The van der Waals surface area contributed by atoms with Crippen LogP contribution in [0.4, 0.5) is 0 Å². The van der Waals surface area contributed by atoms with Gasteiger partial charge in [0.15, 0.2) is 0 Å². The molecule has 2 N–H and O–H groups in total. The van der Waals surface area contributed by atoms with Gasteiger partial charge in [0, 0.05) is 5.70 Å². The Bertz CT molecular complexity index is 452. The molecular formula is C11H16N2O2S. The first-order valence-corrected chi connectivity index (χ1v) is 6.49. The van der Waals surface area contributed by atoms with Crippen LogP contribution in [0.5, 0.6) is 0 Å². The van der Waals surface area contributed by atoms with Gasteiger partial charge in [-0.2, -0.15) is 0 Å². The van der Waals surface area contributed by atoms with Crippen LogP contribution in [-0.2, 0) is 10.0 Å². The van der Waals surface area contributed by atoms with E-state index in [4.69, 9.17) is 0 Å². The lowest BCUT2D eigenvalue weighted by Gasteiger charge is -2.13. The SMILES string of the molecule is C=C(NNS(=O)(=O)C(C)C)c1ccccc1.